The highest BCUT2D eigenvalue weighted by Gasteiger charge is 2.35. The Morgan fingerprint density at radius 1 is 1.26 bits per heavy atom. The van der Waals surface area contributed by atoms with Gasteiger partial charge in [0.05, 0.1) is 12.5 Å². The molecule has 3 rings (SSSR count). The summed E-state index contributed by atoms with van der Waals surface area (Å²) in [6, 6.07) is 0.257. The van der Waals surface area contributed by atoms with Gasteiger partial charge in [-0.2, -0.15) is 0 Å². The smallest absolute Gasteiger partial charge is 0.226 e. The number of nitrogens with one attached hydrogen (secondary N) is 1. The summed E-state index contributed by atoms with van der Waals surface area (Å²) in [6.45, 7) is 2.39. The van der Waals surface area contributed by atoms with Crippen molar-refractivity contribution in [3.8, 4) is 0 Å². The summed E-state index contributed by atoms with van der Waals surface area (Å²) in [4.78, 5) is 26.4. The van der Waals surface area contributed by atoms with E-state index in [2.05, 4.69) is 20.3 Å². The summed E-state index contributed by atoms with van der Waals surface area (Å²) in [6.07, 6.45) is 7.66. The highest BCUT2D eigenvalue weighted by Crippen LogP contribution is 2.25. The average molecular weight is 320 g/mol. The average Bonchev–Trinajstić information content (AvgIpc) is 2.96. The van der Waals surface area contributed by atoms with Gasteiger partial charge in [0.1, 0.15) is 11.4 Å². The zero-order valence-corrected chi connectivity index (χ0v) is 13.6. The molecule has 1 unspecified atom stereocenters. The van der Waals surface area contributed by atoms with E-state index in [9.17, 15) is 9.59 Å². The first-order chi connectivity index (χ1) is 11.1. The lowest BCUT2D eigenvalue weighted by molar-refractivity contribution is -0.129. The Kier molecular flexibility index (Phi) is 4.93. The lowest BCUT2D eigenvalue weighted by atomic mass is 10.1. The van der Waals surface area contributed by atoms with Crippen LogP contribution < -0.4 is 5.32 Å². The van der Waals surface area contributed by atoms with Gasteiger partial charge in [0.2, 0.25) is 11.8 Å². The van der Waals surface area contributed by atoms with E-state index in [1.54, 1.807) is 6.92 Å². The van der Waals surface area contributed by atoms with Crippen molar-refractivity contribution in [2.45, 2.75) is 70.4 Å². The van der Waals surface area contributed by atoms with E-state index in [4.69, 9.17) is 0 Å². The molecule has 1 saturated heterocycles. The van der Waals surface area contributed by atoms with E-state index in [0.29, 0.717) is 30.4 Å². The van der Waals surface area contributed by atoms with Crippen LogP contribution in [-0.4, -0.2) is 45.7 Å². The van der Waals surface area contributed by atoms with Crippen molar-refractivity contribution in [1.29, 1.82) is 0 Å². The third-order valence-electron chi connectivity index (χ3n) is 4.86. The Morgan fingerprint density at radius 3 is 2.65 bits per heavy atom. The zero-order valence-electron chi connectivity index (χ0n) is 13.6. The molecule has 2 fully saturated rings. The van der Waals surface area contributed by atoms with Gasteiger partial charge in [-0.1, -0.05) is 36.0 Å². The van der Waals surface area contributed by atoms with Gasteiger partial charge in [0, 0.05) is 19.0 Å². The van der Waals surface area contributed by atoms with Crippen molar-refractivity contribution in [2.75, 3.05) is 6.54 Å². The van der Waals surface area contributed by atoms with Crippen LogP contribution in [0, 0.1) is 6.92 Å². The molecule has 7 heteroatoms. The Balaban J connectivity index is 1.52. The molecule has 1 aromatic rings. The first-order valence-corrected chi connectivity index (χ1v) is 8.50. The van der Waals surface area contributed by atoms with E-state index in [1.165, 1.54) is 25.7 Å². The molecule has 0 bridgehead atoms. The monoisotopic (exact) mass is 320 g/mol. The molecule has 7 nitrogen and oxygen atoms in total. The molecule has 0 radical (unpaired) electrons. The molecule has 1 saturated carbocycles. The maximum atomic E-state index is 12.3. The maximum absolute atomic E-state index is 12.3. The third kappa shape index (κ3) is 3.89. The van der Waals surface area contributed by atoms with Crippen LogP contribution in [0.5, 0.6) is 0 Å². The predicted molar refractivity (Wildman–Crippen MR) is 82.5 cm³/mol. The van der Waals surface area contributed by atoms with Gasteiger partial charge in [-0.3, -0.25) is 9.59 Å². The van der Waals surface area contributed by atoms with Crippen LogP contribution >= 0.6 is 0 Å². The van der Waals surface area contributed by atoms with Crippen LogP contribution in [0.15, 0.2) is 4.63 Å². The van der Waals surface area contributed by atoms with Gasteiger partial charge in [0.15, 0.2) is 0 Å². The lowest BCUT2D eigenvalue weighted by Gasteiger charge is -2.27. The fraction of sp³-hybridized carbons (Fsp3) is 0.750. The maximum Gasteiger partial charge on any atom is 0.226 e. The van der Waals surface area contributed by atoms with Gasteiger partial charge in [-0.25, -0.2) is 4.63 Å². The summed E-state index contributed by atoms with van der Waals surface area (Å²) < 4.78 is 4.60. The Morgan fingerprint density at radius 2 is 2.00 bits per heavy atom. The minimum absolute atomic E-state index is 0.0987. The number of likely N-dealkylation sites (tertiary alicyclic amines) is 1. The van der Waals surface area contributed by atoms with Crippen molar-refractivity contribution in [1.82, 2.24) is 20.5 Å². The normalized spacial score (nSPS) is 23.1. The topological polar surface area (TPSA) is 88.3 Å². The second-order valence-corrected chi connectivity index (χ2v) is 6.63. The van der Waals surface area contributed by atoms with Crippen molar-refractivity contribution < 1.29 is 14.2 Å². The van der Waals surface area contributed by atoms with Crippen LogP contribution in [0.25, 0.3) is 0 Å². The first kappa shape index (κ1) is 16.0. The number of amides is 2. The SMILES string of the molecule is Cc1nonc1CC(=O)NC1CC(=O)N(C2CCCCCC2)C1. The molecule has 1 atom stereocenters. The molecular formula is C16H24N4O3. The summed E-state index contributed by atoms with van der Waals surface area (Å²) in [7, 11) is 0. The number of nitrogens with zero attached hydrogens (tertiary/aromatic N) is 3. The molecular weight excluding hydrogens is 296 g/mol. The number of hydrogen-bond acceptors (Lipinski definition) is 5. The molecule has 2 amide bonds. The van der Waals surface area contributed by atoms with Crippen molar-refractivity contribution in [3.05, 3.63) is 11.4 Å². The number of carbonyl (C=O) groups excluding carboxylic acids is 2. The Labute approximate surface area is 135 Å². The molecule has 1 N–H and O–H groups in total. The van der Waals surface area contributed by atoms with Crippen LogP contribution in [0.4, 0.5) is 0 Å². The van der Waals surface area contributed by atoms with Crippen LogP contribution in [0.3, 0.4) is 0 Å². The molecule has 126 valence electrons. The van der Waals surface area contributed by atoms with Crippen LogP contribution in [0.1, 0.15) is 56.3 Å². The minimum atomic E-state index is -0.135. The number of rotatable bonds is 4. The molecule has 1 aliphatic carbocycles. The minimum Gasteiger partial charge on any atom is -0.351 e. The third-order valence-corrected chi connectivity index (χ3v) is 4.86. The summed E-state index contributed by atoms with van der Waals surface area (Å²) in [5.74, 6) is 0.0331. The Bertz CT molecular complexity index is 563. The lowest BCUT2D eigenvalue weighted by Crippen LogP contribution is -2.41. The van der Waals surface area contributed by atoms with Gasteiger partial charge in [-0.05, 0) is 19.8 Å². The van der Waals surface area contributed by atoms with Gasteiger partial charge in [0.25, 0.3) is 0 Å². The second-order valence-electron chi connectivity index (χ2n) is 6.63. The van der Waals surface area contributed by atoms with Gasteiger partial charge >= 0.3 is 0 Å². The molecule has 0 aromatic carbocycles. The van der Waals surface area contributed by atoms with Crippen LogP contribution in [0.2, 0.25) is 0 Å². The standard InChI is InChI=1S/C16H24N4O3/c1-11-14(19-23-18-11)9-15(21)17-12-8-16(22)20(10-12)13-6-4-2-3-5-7-13/h12-13H,2-10H2,1H3,(H,17,21). The van der Waals surface area contributed by atoms with Crippen molar-refractivity contribution in [3.63, 3.8) is 0 Å². The largest absolute Gasteiger partial charge is 0.351 e. The molecule has 1 aromatic heterocycles. The molecule has 2 aliphatic rings. The highest BCUT2D eigenvalue weighted by molar-refractivity contribution is 5.83. The van der Waals surface area contributed by atoms with E-state index < -0.39 is 0 Å². The Hall–Kier alpha value is -1.92. The van der Waals surface area contributed by atoms with E-state index in [1.807, 2.05) is 4.90 Å². The number of carbonyl (C=O) groups is 2. The predicted octanol–water partition coefficient (Wildman–Crippen LogP) is 1.36. The molecule has 1 aliphatic heterocycles. The number of hydrogen-bond donors (Lipinski definition) is 1. The fourth-order valence-electron chi connectivity index (χ4n) is 3.59. The van der Waals surface area contributed by atoms with Gasteiger partial charge in [-0.15, -0.1) is 0 Å². The van der Waals surface area contributed by atoms with E-state index in [0.717, 1.165) is 12.8 Å². The molecule has 2 heterocycles. The summed E-state index contributed by atoms with van der Waals surface area (Å²) in [5, 5.41) is 10.3. The summed E-state index contributed by atoms with van der Waals surface area (Å²) in [5.41, 5.74) is 1.18. The van der Waals surface area contributed by atoms with E-state index in [-0.39, 0.29) is 24.3 Å². The summed E-state index contributed by atoms with van der Waals surface area (Å²) >= 11 is 0. The number of aryl methyl sites for hydroxylation is 1. The van der Waals surface area contributed by atoms with Gasteiger partial charge < -0.3 is 10.2 Å². The molecule has 0 spiro atoms. The quantitative estimate of drug-likeness (QED) is 0.846. The second kappa shape index (κ2) is 7.10. The highest BCUT2D eigenvalue weighted by atomic mass is 16.6. The van der Waals surface area contributed by atoms with Crippen molar-refractivity contribution >= 4 is 11.8 Å². The van der Waals surface area contributed by atoms with E-state index >= 15 is 0 Å². The van der Waals surface area contributed by atoms with Crippen molar-refractivity contribution in [2.24, 2.45) is 0 Å². The van der Waals surface area contributed by atoms with Crippen LogP contribution in [-0.2, 0) is 16.0 Å². The zero-order chi connectivity index (χ0) is 16.2. The fourth-order valence-corrected chi connectivity index (χ4v) is 3.59. The molecule has 23 heavy (non-hydrogen) atoms. The first-order valence-electron chi connectivity index (χ1n) is 8.50. The number of aromatic nitrogens is 2.